The molecule has 104 valence electrons. The van der Waals surface area contributed by atoms with Crippen LogP contribution in [-0.2, 0) is 19.7 Å². The van der Waals surface area contributed by atoms with Gasteiger partial charge in [0.1, 0.15) is 6.54 Å². The monoisotopic (exact) mass is 282 g/mol. The van der Waals surface area contributed by atoms with Crippen LogP contribution >= 0.6 is 0 Å². The van der Waals surface area contributed by atoms with Crippen LogP contribution in [0.15, 0.2) is 23.1 Å². The van der Waals surface area contributed by atoms with E-state index in [9.17, 15) is 8.42 Å². The second-order valence-electron chi connectivity index (χ2n) is 5.25. The molecule has 1 aliphatic rings. The normalized spacial score (nSPS) is 17.7. The van der Waals surface area contributed by atoms with Gasteiger partial charge in [0.15, 0.2) is 5.71 Å². The van der Waals surface area contributed by atoms with Gasteiger partial charge in [0.25, 0.3) is 10.1 Å². The minimum Gasteiger partial charge on any atom is -0.270 e. The molecule has 19 heavy (non-hydrogen) atoms. The summed E-state index contributed by atoms with van der Waals surface area (Å²) in [5, 5.41) is 0. The fraction of sp³-hybridized carbons (Fsp3) is 0.500. The predicted octanol–water partition coefficient (Wildman–Crippen LogP) is 2.44. The number of hydrogen-bond donors (Lipinski definition) is 0. The second-order valence-corrected chi connectivity index (χ2v) is 6.97. The Bertz CT molecular complexity index is 657. The third-order valence-electron chi connectivity index (χ3n) is 4.07. The lowest BCUT2D eigenvalue weighted by Gasteiger charge is -2.15. The maximum absolute atomic E-state index is 11.8. The van der Waals surface area contributed by atoms with Gasteiger partial charge < -0.3 is 0 Å². The standard InChI is InChI=1S/C14H20NO3S/c1-6-15-10(2)14(3,4)12-9-11(7-8-13(12)15)19(16,17)18-5/h7-9H,6H2,1-5H3/q+1. The van der Waals surface area contributed by atoms with E-state index in [0.29, 0.717) is 0 Å². The van der Waals surface area contributed by atoms with Crippen LogP contribution in [0.1, 0.15) is 33.3 Å². The van der Waals surface area contributed by atoms with Gasteiger partial charge in [-0.15, -0.1) is 0 Å². The Kier molecular flexibility index (Phi) is 3.31. The lowest BCUT2D eigenvalue weighted by atomic mass is 9.82. The molecule has 1 aromatic carbocycles. The van der Waals surface area contributed by atoms with Crippen molar-refractivity contribution in [3.63, 3.8) is 0 Å². The number of nitrogens with zero attached hydrogens (tertiary/aromatic N) is 1. The molecule has 2 rings (SSSR count). The second kappa shape index (κ2) is 4.42. The van der Waals surface area contributed by atoms with Gasteiger partial charge in [-0.05, 0) is 32.9 Å². The van der Waals surface area contributed by atoms with E-state index >= 15 is 0 Å². The zero-order chi connectivity index (χ0) is 14.4. The van der Waals surface area contributed by atoms with Gasteiger partial charge >= 0.3 is 0 Å². The van der Waals surface area contributed by atoms with E-state index in [1.165, 1.54) is 12.8 Å². The zero-order valence-electron chi connectivity index (χ0n) is 12.0. The average molecular weight is 282 g/mol. The fourth-order valence-electron chi connectivity index (χ4n) is 2.62. The summed E-state index contributed by atoms with van der Waals surface area (Å²) in [6.45, 7) is 9.28. The van der Waals surface area contributed by atoms with Crippen molar-refractivity contribution in [2.45, 2.75) is 38.0 Å². The average Bonchev–Trinajstić information content (AvgIpc) is 2.57. The molecule has 1 heterocycles. The highest BCUT2D eigenvalue weighted by molar-refractivity contribution is 7.86. The molecule has 5 heteroatoms. The van der Waals surface area contributed by atoms with Crippen LogP contribution in [0.2, 0.25) is 0 Å². The van der Waals surface area contributed by atoms with Crippen LogP contribution < -0.4 is 0 Å². The van der Waals surface area contributed by atoms with Crippen molar-refractivity contribution in [1.29, 1.82) is 0 Å². The molecule has 0 saturated carbocycles. The molecule has 0 atom stereocenters. The molecule has 0 bridgehead atoms. The summed E-state index contributed by atoms with van der Waals surface area (Å²) < 4.78 is 30.4. The molecular weight excluding hydrogens is 262 g/mol. The number of rotatable bonds is 3. The topological polar surface area (TPSA) is 46.4 Å². The van der Waals surface area contributed by atoms with Gasteiger partial charge in [0.2, 0.25) is 5.69 Å². The number of fused-ring (bicyclic) bond motifs is 1. The Morgan fingerprint density at radius 1 is 1.32 bits per heavy atom. The van der Waals surface area contributed by atoms with Crippen LogP contribution in [0.4, 0.5) is 5.69 Å². The van der Waals surface area contributed by atoms with Gasteiger partial charge in [0, 0.05) is 18.6 Å². The molecule has 0 aliphatic carbocycles. The minimum atomic E-state index is -3.64. The van der Waals surface area contributed by atoms with E-state index < -0.39 is 10.1 Å². The Morgan fingerprint density at radius 2 is 1.95 bits per heavy atom. The number of hydrogen-bond acceptors (Lipinski definition) is 3. The molecular formula is C14H20NO3S+. The summed E-state index contributed by atoms with van der Waals surface area (Å²) in [6.07, 6.45) is 0. The molecule has 1 aliphatic heterocycles. The van der Waals surface area contributed by atoms with Crippen molar-refractivity contribution >= 4 is 21.5 Å². The van der Waals surface area contributed by atoms with Crippen LogP contribution in [0, 0.1) is 0 Å². The lowest BCUT2D eigenvalue weighted by molar-refractivity contribution is -0.434. The summed E-state index contributed by atoms with van der Waals surface area (Å²) in [4.78, 5) is 0.215. The molecule has 0 saturated heterocycles. The Balaban J connectivity index is 2.67. The largest absolute Gasteiger partial charge is 0.296 e. The smallest absolute Gasteiger partial charge is 0.270 e. The van der Waals surface area contributed by atoms with E-state index in [2.05, 4.69) is 36.5 Å². The Labute approximate surface area is 114 Å². The molecule has 0 aromatic heterocycles. The summed E-state index contributed by atoms with van der Waals surface area (Å²) in [5.41, 5.74) is 3.19. The van der Waals surface area contributed by atoms with Gasteiger partial charge in [0.05, 0.1) is 17.4 Å². The predicted molar refractivity (Wildman–Crippen MR) is 74.8 cm³/mol. The Hall–Kier alpha value is -1.20. The summed E-state index contributed by atoms with van der Waals surface area (Å²) in [5.74, 6) is 0. The van der Waals surface area contributed by atoms with Crippen LogP contribution in [-0.4, -0.2) is 32.4 Å². The first-order valence-corrected chi connectivity index (χ1v) is 7.73. The maximum atomic E-state index is 11.8. The third kappa shape index (κ3) is 2.01. The van der Waals surface area contributed by atoms with E-state index in [0.717, 1.165) is 17.8 Å². The summed E-state index contributed by atoms with van der Waals surface area (Å²) >= 11 is 0. The molecule has 0 fully saturated rings. The zero-order valence-corrected chi connectivity index (χ0v) is 12.8. The number of benzene rings is 1. The van der Waals surface area contributed by atoms with Crippen molar-refractivity contribution in [2.24, 2.45) is 0 Å². The van der Waals surface area contributed by atoms with E-state index in [4.69, 9.17) is 0 Å². The van der Waals surface area contributed by atoms with Crippen LogP contribution in [0.5, 0.6) is 0 Å². The third-order valence-corrected chi connectivity index (χ3v) is 5.34. The highest BCUT2D eigenvalue weighted by Crippen LogP contribution is 2.40. The lowest BCUT2D eigenvalue weighted by Crippen LogP contribution is -2.26. The van der Waals surface area contributed by atoms with Crippen molar-refractivity contribution < 1.29 is 17.2 Å². The van der Waals surface area contributed by atoms with Crippen molar-refractivity contribution in [3.05, 3.63) is 23.8 Å². The molecule has 0 N–H and O–H groups in total. The van der Waals surface area contributed by atoms with Crippen LogP contribution in [0.3, 0.4) is 0 Å². The van der Waals surface area contributed by atoms with Crippen molar-refractivity contribution in [2.75, 3.05) is 13.7 Å². The van der Waals surface area contributed by atoms with E-state index in [-0.39, 0.29) is 10.3 Å². The molecule has 0 spiro atoms. The van der Waals surface area contributed by atoms with Gasteiger partial charge in [-0.1, -0.05) is 0 Å². The summed E-state index contributed by atoms with van der Waals surface area (Å²) in [6, 6.07) is 5.20. The molecule has 0 radical (unpaired) electrons. The quantitative estimate of drug-likeness (QED) is 0.632. The molecule has 1 aromatic rings. The van der Waals surface area contributed by atoms with Crippen LogP contribution in [0.25, 0.3) is 0 Å². The SMILES string of the molecule is CC[N+]1=C(C)C(C)(C)c2cc(S(=O)(=O)OC)ccc21. The molecule has 4 nitrogen and oxygen atoms in total. The first-order chi connectivity index (χ1) is 8.75. The minimum absolute atomic E-state index is 0.162. The first-order valence-electron chi connectivity index (χ1n) is 6.32. The molecule has 0 amide bonds. The van der Waals surface area contributed by atoms with Gasteiger partial charge in [-0.25, -0.2) is 0 Å². The molecule has 0 unspecified atom stereocenters. The van der Waals surface area contributed by atoms with Gasteiger partial charge in [-0.2, -0.15) is 13.0 Å². The van der Waals surface area contributed by atoms with E-state index in [1.807, 2.05) is 6.07 Å². The first kappa shape index (κ1) is 14.2. The maximum Gasteiger partial charge on any atom is 0.296 e. The van der Waals surface area contributed by atoms with Gasteiger partial charge in [-0.3, -0.25) is 4.18 Å². The highest BCUT2D eigenvalue weighted by Gasteiger charge is 2.43. The van der Waals surface area contributed by atoms with Crippen molar-refractivity contribution in [1.82, 2.24) is 0 Å². The van der Waals surface area contributed by atoms with E-state index in [1.54, 1.807) is 12.1 Å². The fourth-order valence-corrected chi connectivity index (χ4v) is 3.31. The highest BCUT2D eigenvalue weighted by atomic mass is 32.2. The summed E-state index contributed by atoms with van der Waals surface area (Å²) in [7, 11) is -2.46. The Morgan fingerprint density at radius 3 is 2.47 bits per heavy atom. The van der Waals surface area contributed by atoms with Crippen molar-refractivity contribution in [3.8, 4) is 0 Å².